The smallest absolute Gasteiger partial charge is 0.261 e. The van der Waals surface area contributed by atoms with Crippen molar-refractivity contribution in [2.75, 3.05) is 5.32 Å². The minimum absolute atomic E-state index is 0.461. The van der Waals surface area contributed by atoms with Gasteiger partial charge in [-0.15, -0.1) is 10.2 Å². The predicted octanol–water partition coefficient (Wildman–Crippen LogP) is 2.37. The molecular formula is C16H19N7O. The van der Waals surface area contributed by atoms with E-state index >= 15 is 0 Å². The van der Waals surface area contributed by atoms with E-state index < -0.39 is 0 Å². The Morgan fingerprint density at radius 2 is 2.21 bits per heavy atom. The first-order chi connectivity index (χ1) is 11.8. The Morgan fingerprint density at radius 3 is 3.08 bits per heavy atom. The van der Waals surface area contributed by atoms with Crippen LogP contribution in [0.4, 0.5) is 5.82 Å². The second-order valence-corrected chi connectivity index (χ2v) is 5.89. The van der Waals surface area contributed by atoms with Crippen LogP contribution in [0.5, 0.6) is 0 Å². The SMILES string of the molecule is Cc1noc(-c2cccnc2NCc2nnc3n2CCCCC3)n1. The lowest BCUT2D eigenvalue weighted by Gasteiger charge is -2.10. The van der Waals surface area contributed by atoms with Crippen LogP contribution in [-0.4, -0.2) is 29.9 Å². The van der Waals surface area contributed by atoms with Crippen LogP contribution in [0.1, 0.15) is 36.7 Å². The molecule has 0 aromatic carbocycles. The van der Waals surface area contributed by atoms with Crippen LogP contribution in [0.2, 0.25) is 0 Å². The van der Waals surface area contributed by atoms with Crippen LogP contribution < -0.4 is 5.32 Å². The molecule has 3 aromatic heterocycles. The number of anilines is 1. The van der Waals surface area contributed by atoms with Gasteiger partial charge in [0.25, 0.3) is 5.89 Å². The normalized spacial score (nSPS) is 14.2. The van der Waals surface area contributed by atoms with Gasteiger partial charge >= 0.3 is 0 Å². The number of nitrogens with one attached hydrogen (secondary N) is 1. The molecule has 1 aliphatic rings. The monoisotopic (exact) mass is 325 g/mol. The molecule has 0 saturated heterocycles. The van der Waals surface area contributed by atoms with E-state index in [-0.39, 0.29) is 0 Å². The fourth-order valence-corrected chi connectivity index (χ4v) is 2.96. The summed E-state index contributed by atoms with van der Waals surface area (Å²) in [7, 11) is 0. The topological polar surface area (TPSA) is 94.5 Å². The highest BCUT2D eigenvalue weighted by molar-refractivity contribution is 5.68. The summed E-state index contributed by atoms with van der Waals surface area (Å²) in [5.74, 6) is 3.78. The van der Waals surface area contributed by atoms with Crippen molar-refractivity contribution in [3.05, 3.63) is 35.8 Å². The Kier molecular flexibility index (Phi) is 3.94. The maximum absolute atomic E-state index is 5.26. The molecule has 0 atom stereocenters. The van der Waals surface area contributed by atoms with Gasteiger partial charge in [0.2, 0.25) is 0 Å². The van der Waals surface area contributed by atoms with Crippen molar-refractivity contribution in [2.45, 2.75) is 45.7 Å². The molecule has 0 spiro atoms. The number of aromatic nitrogens is 6. The largest absolute Gasteiger partial charge is 0.362 e. The predicted molar refractivity (Wildman–Crippen MR) is 87.2 cm³/mol. The molecule has 0 aliphatic carbocycles. The van der Waals surface area contributed by atoms with Crippen LogP contribution in [0.3, 0.4) is 0 Å². The van der Waals surface area contributed by atoms with Gasteiger partial charge in [0, 0.05) is 19.2 Å². The van der Waals surface area contributed by atoms with Gasteiger partial charge in [-0.1, -0.05) is 11.6 Å². The van der Waals surface area contributed by atoms with E-state index in [1.54, 1.807) is 13.1 Å². The number of hydrogen-bond donors (Lipinski definition) is 1. The van der Waals surface area contributed by atoms with Gasteiger partial charge in [-0.05, 0) is 31.9 Å². The Labute approximate surface area is 139 Å². The quantitative estimate of drug-likeness (QED) is 0.787. The fourth-order valence-electron chi connectivity index (χ4n) is 2.96. The first kappa shape index (κ1) is 14.8. The zero-order chi connectivity index (χ0) is 16.4. The fraction of sp³-hybridized carbons (Fsp3) is 0.438. The van der Waals surface area contributed by atoms with E-state index in [1.165, 1.54) is 19.3 Å². The summed E-state index contributed by atoms with van der Waals surface area (Å²) in [5, 5.41) is 15.8. The average molecular weight is 325 g/mol. The number of pyridine rings is 1. The number of hydrogen-bond acceptors (Lipinski definition) is 7. The molecule has 0 bridgehead atoms. The average Bonchev–Trinajstić information content (AvgIpc) is 3.12. The van der Waals surface area contributed by atoms with Crippen molar-refractivity contribution in [3.63, 3.8) is 0 Å². The molecule has 8 heteroatoms. The van der Waals surface area contributed by atoms with Gasteiger partial charge in [-0.2, -0.15) is 4.98 Å². The van der Waals surface area contributed by atoms with E-state index in [0.29, 0.717) is 24.1 Å². The maximum atomic E-state index is 5.26. The molecule has 4 rings (SSSR count). The molecule has 0 unspecified atom stereocenters. The molecule has 3 aromatic rings. The zero-order valence-electron chi connectivity index (χ0n) is 13.6. The zero-order valence-corrected chi connectivity index (χ0v) is 13.6. The summed E-state index contributed by atoms with van der Waals surface area (Å²) >= 11 is 0. The summed E-state index contributed by atoms with van der Waals surface area (Å²) in [6, 6.07) is 3.76. The molecule has 24 heavy (non-hydrogen) atoms. The molecule has 124 valence electrons. The van der Waals surface area contributed by atoms with Crippen molar-refractivity contribution in [3.8, 4) is 11.5 Å². The Bertz CT molecular complexity index is 839. The van der Waals surface area contributed by atoms with Crippen LogP contribution in [-0.2, 0) is 19.5 Å². The Morgan fingerprint density at radius 1 is 1.25 bits per heavy atom. The van der Waals surface area contributed by atoms with E-state index in [4.69, 9.17) is 4.52 Å². The van der Waals surface area contributed by atoms with Crippen molar-refractivity contribution >= 4 is 5.82 Å². The molecule has 0 amide bonds. The third-order valence-electron chi connectivity index (χ3n) is 4.17. The second kappa shape index (κ2) is 6.38. The molecular weight excluding hydrogens is 306 g/mol. The molecule has 4 heterocycles. The molecule has 8 nitrogen and oxygen atoms in total. The van der Waals surface area contributed by atoms with E-state index in [9.17, 15) is 0 Å². The first-order valence-corrected chi connectivity index (χ1v) is 8.22. The third kappa shape index (κ3) is 2.86. The molecule has 0 radical (unpaired) electrons. The molecule has 0 fully saturated rings. The minimum atomic E-state index is 0.461. The van der Waals surface area contributed by atoms with Crippen LogP contribution in [0.15, 0.2) is 22.9 Å². The summed E-state index contributed by atoms with van der Waals surface area (Å²) in [6.07, 6.45) is 6.35. The number of fused-ring (bicyclic) bond motifs is 1. The number of aryl methyl sites for hydroxylation is 2. The maximum Gasteiger partial charge on any atom is 0.261 e. The van der Waals surface area contributed by atoms with Crippen molar-refractivity contribution in [1.29, 1.82) is 0 Å². The lowest BCUT2D eigenvalue weighted by molar-refractivity contribution is 0.425. The third-order valence-corrected chi connectivity index (χ3v) is 4.17. The van der Waals surface area contributed by atoms with Gasteiger partial charge in [0.15, 0.2) is 11.6 Å². The van der Waals surface area contributed by atoms with Gasteiger partial charge < -0.3 is 14.4 Å². The standard InChI is InChI=1S/C16H19N7O/c1-11-19-16(24-22-11)12-6-5-8-17-15(12)18-10-14-21-20-13-7-3-2-4-9-23(13)14/h5-6,8H,2-4,7,9-10H2,1H3,(H,17,18). The lowest BCUT2D eigenvalue weighted by atomic mass is 10.2. The van der Waals surface area contributed by atoms with Gasteiger partial charge in [-0.25, -0.2) is 4.98 Å². The second-order valence-electron chi connectivity index (χ2n) is 5.89. The Balaban J connectivity index is 1.56. The van der Waals surface area contributed by atoms with Gasteiger partial charge in [0.1, 0.15) is 11.6 Å². The minimum Gasteiger partial charge on any atom is -0.362 e. The molecule has 0 saturated carbocycles. The highest BCUT2D eigenvalue weighted by atomic mass is 16.5. The summed E-state index contributed by atoms with van der Waals surface area (Å²) in [4.78, 5) is 8.68. The highest BCUT2D eigenvalue weighted by Gasteiger charge is 2.16. The molecule has 1 aliphatic heterocycles. The van der Waals surface area contributed by atoms with Gasteiger partial charge in [0.05, 0.1) is 12.1 Å². The summed E-state index contributed by atoms with van der Waals surface area (Å²) < 4.78 is 7.48. The number of nitrogens with zero attached hydrogens (tertiary/aromatic N) is 6. The van der Waals surface area contributed by atoms with E-state index in [2.05, 4.69) is 35.2 Å². The van der Waals surface area contributed by atoms with E-state index in [1.807, 2.05) is 12.1 Å². The van der Waals surface area contributed by atoms with Crippen LogP contribution >= 0.6 is 0 Å². The number of rotatable bonds is 4. The highest BCUT2D eigenvalue weighted by Crippen LogP contribution is 2.24. The lowest BCUT2D eigenvalue weighted by Crippen LogP contribution is -2.11. The van der Waals surface area contributed by atoms with Crippen LogP contribution in [0, 0.1) is 6.92 Å². The van der Waals surface area contributed by atoms with E-state index in [0.717, 1.165) is 30.2 Å². The summed E-state index contributed by atoms with van der Waals surface area (Å²) in [6.45, 7) is 3.34. The van der Waals surface area contributed by atoms with Crippen LogP contribution in [0.25, 0.3) is 11.5 Å². The first-order valence-electron chi connectivity index (χ1n) is 8.22. The summed E-state index contributed by atoms with van der Waals surface area (Å²) in [5.41, 5.74) is 0.786. The Hall–Kier alpha value is -2.77. The molecule has 1 N–H and O–H groups in total. The van der Waals surface area contributed by atoms with Crippen molar-refractivity contribution in [1.82, 2.24) is 29.9 Å². The van der Waals surface area contributed by atoms with Gasteiger partial charge in [-0.3, -0.25) is 0 Å². The van der Waals surface area contributed by atoms with Crippen molar-refractivity contribution in [2.24, 2.45) is 0 Å². The van der Waals surface area contributed by atoms with Crippen molar-refractivity contribution < 1.29 is 4.52 Å².